The Bertz CT molecular complexity index is 1690. The van der Waals surface area contributed by atoms with Crippen molar-refractivity contribution in [3.63, 3.8) is 0 Å². The molecule has 2 aromatic carbocycles. The molecule has 2 aromatic rings. The molecular weight excluding hydrogens is 703 g/mol. The maximum atomic E-state index is 14.5. The second-order valence-corrected chi connectivity index (χ2v) is 18.1. The third-order valence-corrected chi connectivity index (χ3v) is 13.1. The van der Waals surface area contributed by atoms with Crippen LogP contribution in [0.15, 0.2) is 53.4 Å². The van der Waals surface area contributed by atoms with Crippen molar-refractivity contribution in [2.45, 2.75) is 88.7 Å². The summed E-state index contributed by atoms with van der Waals surface area (Å²) in [7, 11) is -7.60. The molecule has 284 valence electrons. The van der Waals surface area contributed by atoms with Gasteiger partial charge in [-0.25, -0.2) is 26.4 Å². The first-order valence-corrected chi connectivity index (χ1v) is 20.6. The van der Waals surface area contributed by atoms with Crippen LogP contribution in [0.4, 0.5) is 4.79 Å². The van der Waals surface area contributed by atoms with Gasteiger partial charge in [0.15, 0.2) is 17.8 Å². The van der Waals surface area contributed by atoms with Gasteiger partial charge in [-0.2, -0.15) is 4.31 Å². The number of amides is 1. The molecule has 0 spiro atoms. The SMILES string of the molecule is CCCS(=O)(=O)NCCCCC(C)(C)CN(C[C@@H](O)[C@H](Cc1ccccc1)N(C(=O)O)[C@H]1CO[C@H]2OCC[C@H]21)S(=O)(=O)c1ccc2c(c1)OCO2. The van der Waals surface area contributed by atoms with Crippen LogP contribution in [0.2, 0.25) is 0 Å². The van der Waals surface area contributed by atoms with E-state index in [1.807, 2.05) is 44.2 Å². The van der Waals surface area contributed by atoms with Gasteiger partial charge < -0.3 is 29.2 Å². The van der Waals surface area contributed by atoms with Crippen LogP contribution in [-0.2, 0) is 35.9 Å². The van der Waals surface area contributed by atoms with Gasteiger partial charge >= 0.3 is 6.09 Å². The van der Waals surface area contributed by atoms with Crippen LogP contribution in [0.5, 0.6) is 11.5 Å². The fourth-order valence-electron chi connectivity index (χ4n) is 7.15. The summed E-state index contributed by atoms with van der Waals surface area (Å²) in [5.74, 6) is 0.546. The Morgan fingerprint density at radius 2 is 1.78 bits per heavy atom. The fourth-order valence-corrected chi connectivity index (χ4v) is 9.95. The van der Waals surface area contributed by atoms with Crippen LogP contribution >= 0.6 is 0 Å². The van der Waals surface area contributed by atoms with Crippen LogP contribution < -0.4 is 14.2 Å². The summed E-state index contributed by atoms with van der Waals surface area (Å²) >= 11 is 0. The summed E-state index contributed by atoms with van der Waals surface area (Å²) in [5, 5.41) is 22.7. The van der Waals surface area contributed by atoms with Crippen molar-refractivity contribution in [2.24, 2.45) is 11.3 Å². The molecule has 5 atom stereocenters. The lowest BCUT2D eigenvalue weighted by atomic mass is 9.87. The van der Waals surface area contributed by atoms with E-state index in [-0.39, 0.29) is 55.2 Å². The molecule has 0 radical (unpaired) electrons. The maximum absolute atomic E-state index is 14.5. The lowest BCUT2D eigenvalue weighted by Gasteiger charge is -2.40. The van der Waals surface area contributed by atoms with Crippen molar-refractivity contribution in [3.05, 3.63) is 54.1 Å². The Morgan fingerprint density at radius 1 is 1.04 bits per heavy atom. The maximum Gasteiger partial charge on any atom is 0.407 e. The second kappa shape index (κ2) is 16.8. The molecule has 2 fully saturated rings. The highest BCUT2D eigenvalue weighted by atomic mass is 32.2. The molecule has 3 N–H and O–H groups in total. The molecule has 3 aliphatic rings. The number of ether oxygens (including phenoxy) is 4. The van der Waals surface area contributed by atoms with Crippen LogP contribution in [0.3, 0.4) is 0 Å². The molecule has 3 heterocycles. The molecular formula is C35H51N3O11S2. The van der Waals surface area contributed by atoms with Gasteiger partial charge in [0.25, 0.3) is 0 Å². The minimum absolute atomic E-state index is 0.00138. The number of rotatable bonds is 19. The summed E-state index contributed by atoms with van der Waals surface area (Å²) < 4.78 is 79.2. The molecule has 51 heavy (non-hydrogen) atoms. The number of nitrogens with one attached hydrogen (secondary N) is 1. The van der Waals surface area contributed by atoms with Crippen molar-refractivity contribution in [3.8, 4) is 11.5 Å². The number of hydrogen-bond acceptors (Lipinski definition) is 10. The number of sulfonamides is 2. The first kappa shape index (κ1) is 39.2. The Kier molecular flexibility index (Phi) is 12.9. The summed E-state index contributed by atoms with van der Waals surface area (Å²) in [4.78, 5) is 14.2. The predicted octanol–water partition coefficient (Wildman–Crippen LogP) is 3.65. The fraction of sp³-hybridized carbons (Fsp3) is 0.629. The van der Waals surface area contributed by atoms with Crippen LogP contribution in [0.1, 0.15) is 58.4 Å². The van der Waals surface area contributed by atoms with Gasteiger partial charge in [0.1, 0.15) is 0 Å². The Hall–Kier alpha value is -2.99. The number of aliphatic hydroxyl groups excluding tert-OH is 1. The minimum Gasteiger partial charge on any atom is -0.465 e. The normalized spacial score (nSPS) is 21.5. The number of carboxylic acid groups (broad SMARTS) is 1. The molecule has 2 saturated heterocycles. The van der Waals surface area contributed by atoms with Gasteiger partial charge in [-0.15, -0.1) is 0 Å². The average Bonchev–Trinajstić information content (AvgIpc) is 3.82. The van der Waals surface area contributed by atoms with Crippen molar-refractivity contribution < 1.29 is 50.8 Å². The zero-order valence-corrected chi connectivity index (χ0v) is 31.1. The van der Waals surface area contributed by atoms with E-state index in [4.69, 9.17) is 18.9 Å². The predicted molar refractivity (Wildman–Crippen MR) is 188 cm³/mol. The summed E-state index contributed by atoms with van der Waals surface area (Å²) in [6, 6.07) is 11.9. The molecule has 5 rings (SSSR count). The number of aliphatic hydroxyl groups is 1. The van der Waals surface area contributed by atoms with Crippen molar-refractivity contribution in [2.75, 3.05) is 45.4 Å². The van der Waals surface area contributed by atoms with Gasteiger partial charge in [0.05, 0.1) is 42.0 Å². The van der Waals surface area contributed by atoms with Gasteiger partial charge in [0.2, 0.25) is 26.8 Å². The highest BCUT2D eigenvalue weighted by molar-refractivity contribution is 7.89. The highest BCUT2D eigenvalue weighted by Crippen LogP contribution is 2.38. The molecule has 14 nitrogen and oxygen atoms in total. The van der Waals surface area contributed by atoms with Crippen molar-refractivity contribution in [1.82, 2.24) is 13.9 Å². The third kappa shape index (κ3) is 9.91. The number of benzene rings is 2. The molecule has 16 heteroatoms. The number of unbranched alkanes of at least 4 members (excludes halogenated alkanes) is 1. The van der Waals surface area contributed by atoms with Crippen LogP contribution in [-0.4, -0.2) is 112 Å². The molecule has 0 aromatic heterocycles. The second-order valence-electron chi connectivity index (χ2n) is 14.3. The van der Waals surface area contributed by atoms with E-state index in [2.05, 4.69) is 4.72 Å². The van der Waals surface area contributed by atoms with E-state index in [1.54, 1.807) is 6.92 Å². The number of hydrogen-bond donors (Lipinski definition) is 3. The number of fused-ring (bicyclic) bond motifs is 2. The van der Waals surface area contributed by atoms with Crippen molar-refractivity contribution >= 4 is 26.1 Å². The van der Waals surface area contributed by atoms with Gasteiger partial charge in [-0.3, -0.25) is 4.90 Å². The largest absolute Gasteiger partial charge is 0.465 e. The first-order valence-electron chi connectivity index (χ1n) is 17.5. The van der Waals surface area contributed by atoms with Gasteiger partial charge in [0, 0.05) is 31.6 Å². The van der Waals surface area contributed by atoms with Gasteiger partial charge in [-0.1, -0.05) is 57.5 Å². The van der Waals surface area contributed by atoms with E-state index < -0.39 is 62.6 Å². The van der Waals surface area contributed by atoms with Crippen LogP contribution in [0.25, 0.3) is 0 Å². The third-order valence-electron chi connectivity index (χ3n) is 9.73. The minimum atomic E-state index is -4.26. The summed E-state index contributed by atoms with van der Waals surface area (Å²) in [6.07, 6.45) is -0.206. The Morgan fingerprint density at radius 3 is 2.51 bits per heavy atom. The molecule has 3 aliphatic heterocycles. The number of carbonyl (C=O) groups is 1. The number of nitrogens with zero attached hydrogens (tertiary/aromatic N) is 2. The van der Waals surface area contributed by atoms with E-state index >= 15 is 0 Å². The zero-order chi connectivity index (χ0) is 36.8. The Labute approximate surface area is 301 Å². The lowest BCUT2D eigenvalue weighted by Crippen LogP contribution is -2.58. The first-order chi connectivity index (χ1) is 24.2. The monoisotopic (exact) mass is 753 g/mol. The molecule has 1 amide bonds. The van der Waals surface area contributed by atoms with E-state index in [9.17, 15) is 31.8 Å². The molecule has 0 saturated carbocycles. The topological polar surface area (TPSA) is 181 Å². The van der Waals surface area contributed by atoms with Gasteiger partial charge in [-0.05, 0) is 55.2 Å². The highest BCUT2D eigenvalue weighted by Gasteiger charge is 2.49. The molecule has 0 unspecified atom stereocenters. The smallest absolute Gasteiger partial charge is 0.407 e. The van der Waals surface area contributed by atoms with Crippen molar-refractivity contribution in [1.29, 1.82) is 0 Å². The standard InChI is InChI=1S/C35H51N3O11S2/c1-4-18-50(42,43)36-16-9-8-15-35(2,3)23-37(51(44,45)26-12-13-31-32(20-26)49-24-48-31)21-30(39)28(19-25-10-6-5-7-11-25)38(34(40)41)29-22-47-33-27(29)14-17-46-33/h5-7,10-13,20,27-30,33,36,39H,4,8-9,14-19,21-24H2,1-3H3,(H,40,41)/t27-,28-,29-,30+,33+/m0/s1. The van der Waals surface area contributed by atoms with E-state index in [1.165, 1.54) is 27.4 Å². The summed E-state index contributed by atoms with van der Waals surface area (Å²) in [6.45, 7) is 6.02. The average molecular weight is 754 g/mol. The Balaban J connectivity index is 1.41. The molecule has 0 aliphatic carbocycles. The van der Waals surface area contributed by atoms with E-state index in [0.717, 1.165) is 5.56 Å². The molecule has 0 bridgehead atoms. The van der Waals surface area contributed by atoms with E-state index in [0.29, 0.717) is 44.5 Å². The lowest BCUT2D eigenvalue weighted by molar-refractivity contribution is -0.0906. The zero-order valence-electron chi connectivity index (χ0n) is 29.5. The van der Waals surface area contributed by atoms with Crippen LogP contribution in [0, 0.1) is 11.3 Å². The quantitative estimate of drug-likeness (QED) is 0.178. The summed E-state index contributed by atoms with van der Waals surface area (Å²) in [5.41, 5.74) is 0.173.